The molecule has 346 valence electrons. The second-order valence-electron chi connectivity index (χ2n) is 14.9. The molecule has 2 heterocycles. The number of esters is 2. The molecule has 22 heteroatoms. The molecule has 3 amide bonds. The molecule has 2 aliphatic heterocycles. The summed E-state index contributed by atoms with van der Waals surface area (Å²) in [6.45, 7) is 2.72. The molecule has 0 bridgehead atoms. The van der Waals surface area contributed by atoms with Crippen molar-refractivity contribution in [3.8, 4) is 0 Å². The van der Waals surface area contributed by atoms with E-state index in [9.17, 15) is 49.2 Å². The second-order valence-corrected chi connectivity index (χ2v) is 14.9. The molecule has 0 aromatic rings. The fourth-order valence-corrected chi connectivity index (χ4v) is 6.29. The minimum atomic E-state index is -1.39. The number of rotatable bonds is 29. The third-order valence-corrected chi connectivity index (χ3v) is 9.82. The van der Waals surface area contributed by atoms with E-state index in [4.69, 9.17) is 45.0 Å². The van der Waals surface area contributed by atoms with Crippen molar-refractivity contribution in [2.45, 2.75) is 165 Å². The highest BCUT2D eigenvalue weighted by Crippen LogP contribution is 2.23. The zero-order chi connectivity index (χ0) is 44.6. The van der Waals surface area contributed by atoms with Crippen molar-refractivity contribution < 1.29 is 82.7 Å². The number of amides is 3. The first-order chi connectivity index (χ1) is 28.5. The number of carbonyl (C=O) groups excluding carboxylic acids is 5. The van der Waals surface area contributed by atoms with Crippen LogP contribution in [0.1, 0.15) is 97.3 Å². The summed E-state index contributed by atoms with van der Waals surface area (Å²) in [6, 6.07) is -2.95. The molecule has 60 heavy (non-hydrogen) atoms. The first kappa shape index (κ1) is 52.6. The van der Waals surface area contributed by atoms with Gasteiger partial charge in [0.25, 0.3) is 0 Å². The number of hydrogen-bond donors (Lipinski definition) is 10. The number of aliphatic carboxylic acids is 1. The van der Waals surface area contributed by atoms with E-state index in [0.29, 0.717) is 77.3 Å². The van der Waals surface area contributed by atoms with Crippen LogP contribution in [0.2, 0.25) is 0 Å². The van der Waals surface area contributed by atoms with E-state index in [0.717, 1.165) is 0 Å². The normalized spacial score (nSPS) is 27.0. The number of carboxylic acid groups (broad SMARTS) is 1. The quantitative estimate of drug-likeness (QED) is 0.0276. The molecule has 2 saturated heterocycles. The first-order valence-corrected chi connectivity index (χ1v) is 20.6. The molecular weight excluding hydrogens is 798 g/mol. The lowest BCUT2D eigenvalue weighted by Gasteiger charge is -2.40. The van der Waals surface area contributed by atoms with Crippen LogP contribution in [0.5, 0.6) is 0 Å². The lowest BCUT2D eigenvalue weighted by molar-refractivity contribution is -0.267. The van der Waals surface area contributed by atoms with Crippen LogP contribution in [-0.4, -0.2) is 168 Å². The molecule has 12 N–H and O–H groups in total. The van der Waals surface area contributed by atoms with Crippen LogP contribution in [0.3, 0.4) is 0 Å². The number of hydrogen-bond acceptors (Lipinski definition) is 18. The largest absolute Gasteiger partial charge is 0.481 e. The molecule has 0 aromatic heterocycles. The van der Waals surface area contributed by atoms with E-state index in [1.807, 2.05) is 0 Å². The van der Waals surface area contributed by atoms with Crippen molar-refractivity contribution in [1.29, 1.82) is 0 Å². The number of nitrogens with two attached hydrogens (primary N) is 2. The molecule has 11 atom stereocenters. The topological polar surface area (TPSA) is 347 Å². The molecule has 0 aromatic carbocycles. The monoisotopic (exact) mass is 865 g/mol. The number of aliphatic hydroxyl groups excluding tert-OH is 4. The van der Waals surface area contributed by atoms with Gasteiger partial charge in [-0.05, 0) is 57.8 Å². The Labute approximate surface area is 349 Å². The summed E-state index contributed by atoms with van der Waals surface area (Å²) >= 11 is 0. The van der Waals surface area contributed by atoms with E-state index in [1.54, 1.807) is 0 Å². The van der Waals surface area contributed by atoms with E-state index in [2.05, 4.69) is 16.0 Å². The molecule has 2 aliphatic rings. The average molecular weight is 866 g/mol. The summed E-state index contributed by atoms with van der Waals surface area (Å²) in [5.41, 5.74) is 11.9. The molecule has 2 rings (SSSR count). The minimum absolute atomic E-state index is 0.0374. The lowest BCUT2D eigenvalue weighted by Crippen LogP contribution is -2.62. The van der Waals surface area contributed by atoms with Gasteiger partial charge < -0.3 is 81.4 Å². The van der Waals surface area contributed by atoms with Crippen LogP contribution in [0.15, 0.2) is 0 Å². The Morgan fingerprint density at radius 2 is 1.07 bits per heavy atom. The summed E-state index contributed by atoms with van der Waals surface area (Å²) in [5, 5.41) is 58.1. The summed E-state index contributed by atoms with van der Waals surface area (Å²) < 4.78 is 32.2. The highest BCUT2D eigenvalue weighted by molar-refractivity contribution is 5.87. The average Bonchev–Trinajstić information content (AvgIpc) is 3.19. The Morgan fingerprint density at radius 3 is 1.57 bits per heavy atom. The number of aliphatic hydroxyl groups is 4. The first-order valence-electron chi connectivity index (χ1n) is 20.6. The van der Waals surface area contributed by atoms with Crippen LogP contribution in [-0.2, 0) is 57.2 Å². The van der Waals surface area contributed by atoms with Gasteiger partial charge in [-0.15, -0.1) is 0 Å². The van der Waals surface area contributed by atoms with Gasteiger partial charge in [-0.25, -0.2) is 0 Å². The van der Waals surface area contributed by atoms with Gasteiger partial charge in [0.05, 0.1) is 12.1 Å². The second kappa shape index (κ2) is 28.9. The predicted octanol–water partition coefficient (Wildman–Crippen LogP) is -2.43. The van der Waals surface area contributed by atoms with Crippen molar-refractivity contribution in [1.82, 2.24) is 16.0 Å². The molecular formula is C38H67N5O17. The smallest absolute Gasteiger partial charge is 0.303 e. The van der Waals surface area contributed by atoms with Crippen LogP contribution < -0.4 is 27.4 Å². The third kappa shape index (κ3) is 20.3. The fourth-order valence-electron chi connectivity index (χ4n) is 6.29. The van der Waals surface area contributed by atoms with Crippen molar-refractivity contribution in [3.05, 3.63) is 0 Å². The summed E-state index contributed by atoms with van der Waals surface area (Å²) in [5.74, 6) is -2.99. The molecule has 0 saturated carbocycles. The van der Waals surface area contributed by atoms with Crippen molar-refractivity contribution in [3.63, 3.8) is 0 Å². The highest BCUT2D eigenvalue weighted by atomic mass is 16.7. The molecule has 22 nitrogen and oxygen atoms in total. The van der Waals surface area contributed by atoms with Gasteiger partial charge >= 0.3 is 17.9 Å². The SMILES string of the molecule is CC(=O)OCC1OC(OCCCCC(=O)NCCCC[C@H](NC(=O)CCCCOC2OC(COC(C)=O)C(O)C(O)C2N)C(=O)NCCCCCC(=O)O)C(N)C(O)C1O. The van der Waals surface area contributed by atoms with Gasteiger partial charge in [0.1, 0.15) is 55.9 Å². The van der Waals surface area contributed by atoms with E-state index in [1.165, 1.54) is 13.8 Å². The maximum Gasteiger partial charge on any atom is 0.303 e. The van der Waals surface area contributed by atoms with Crippen molar-refractivity contribution >= 4 is 35.6 Å². The number of nitrogens with one attached hydrogen (secondary N) is 3. The number of carbonyl (C=O) groups is 6. The van der Waals surface area contributed by atoms with Crippen molar-refractivity contribution in [2.24, 2.45) is 11.5 Å². The standard InChI is InChI=1S/C38H67N5O17/c1-22(44)57-20-25-32(50)34(52)30(39)37(59-25)55-18-10-6-13-27(46)41-16-9-5-12-24(36(54)42-17-8-3-4-15-29(48)49)43-28(47)14-7-11-19-56-38-31(40)35(53)33(51)26(60-38)21-58-23(2)45/h24-26,30-35,37-38,50-53H,3-21,39-40H2,1-2H3,(H,41,46)(H,42,54)(H,43,47)(H,48,49)/t24-,25?,26?,30?,31?,32?,33?,34?,35?,37?,38?/m0/s1. The van der Waals surface area contributed by atoms with Gasteiger partial charge in [-0.1, -0.05) is 6.42 Å². The number of ether oxygens (including phenoxy) is 6. The van der Waals surface area contributed by atoms with Gasteiger partial charge in [0.2, 0.25) is 17.7 Å². The fraction of sp³-hybridized carbons (Fsp3) is 0.842. The van der Waals surface area contributed by atoms with Crippen LogP contribution >= 0.6 is 0 Å². The molecule has 10 unspecified atom stereocenters. The van der Waals surface area contributed by atoms with Crippen LogP contribution in [0.4, 0.5) is 0 Å². The van der Waals surface area contributed by atoms with Crippen LogP contribution in [0.25, 0.3) is 0 Å². The summed E-state index contributed by atoms with van der Waals surface area (Å²) in [4.78, 5) is 71.4. The van der Waals surface area contributed by atoms with E-state index in [-0.39, 0.29) is 63.4 Å². The highest BCUT2D eigenvalue weighted by Gasteiger charge is 2.45. The Kier molecular flexibility index (Phi) is 25.3. The zero-order valence-corrected chi connectivity index (χ0v) is 34.6. The van der Waals surface area contributed by atoms with E-state index < -0.39 is 85.2 Å². The molecule has 0 radical (unpaired) electrons. The minimum Gasteiger partial charge on any atom is -0.481 e. The lowest BCUT2D eigenvalue weighted by atomic mass is 9.98. The Hall–Kier alpha value is -3.58. The molecule has 0 spiro atoms. The zero-order valence-electron chi connectivity index (χ0n) is 34.6. The van der Waals surface area contributed by atoms with Crippen molar-refractivity contribution in [2.75, 3.05) is 39.5 Å². The van der Waals surface area contributed by atoms with Crippen LogP contribution in [0, 0.1) is 0 Å². The number of unbranched alkanes of at least 4 members (excludes halogenated alkanes) is 5. The van der Waals surface area contributed by atoms with Gasteiger partial charge in [0.15, 0.2) is 12.6 Å². The summed E-state index contributed by atoms with van der Waals surface area (Å²) in [7, 11) is 0. The third-order valence-electron chi connectivity index (χ3n) is 9.82. The Morgan fingerprint density at radius 1 is 0.600 bits per heavy atom. The molecule has 2 fully saturated rings. The van der Waals surface area contributed by atoms with Gasteiger partial charge in [0, 0.05) is 59.4 Å². The van der Waals surface area contributed by atoms with Gasteiger partial charge in [-0.2, -0.15) is 0 Å². The number of carboxylic acids is 1. The Balaban J connectivity index is 1.73. The maximum atomic E-state index is 13.1. The maximum absolute atomic E-state index is 13.1. The summed E-state index contributed by atoms with van der Waals surface area (Å²) in [6.07, 6.45) is -4.69. The molecule has 0 aliphatic carbocycles. The van der Waals surface area contributed by atoms with E-state index >= 15 is 0 Å². The van der Waals surface area contributed by atoms with Gasteiger partial charge in [-0.3, -0.25) is 28.8 Å². The Bertz CT molecular complexity index is 1330. The predicted molar refractivity (Wildman–Crippen MR) is 208 cm³/mol.